The number of ether oxygens (including phenoxy) is 1. The van der Waals surface area contributed by atoms with Gasteiger partial charge in [-0.05, 0) is 57.0 Å². The first-order valence-electron chi connectivity index (χ1n) is 7.19. The first-order valence-corrected chi connectivity index (χ1v) is 7.57. The number of nitrogens with zero attached hydrogens (tertiary/aromatic N) is 2. The number of rotatable bonds is 6. The minimum atomic E-state index is 0.0641. The lowest BCUT2D eigenvalue weighted by Gasteiger charge is -2.14. The standard InChI is InChI=1S/C16H22ClN3O/c1-4-20-15(8-12(3)19-20)10-21-16-6-5-14(17)9-13(16)7-11(2)18/h5-6,8-9,11H,4,7,10,18H2,1-3H3. The smallest absolute Gasteiger partial charge is 0.130 e. The van der Waals surface area contributed by atoms with Crippen LogP contribution in [0.15, 0.2) is 24.3 Å². The van der Waals surface area contributed by atoms with Crippen molar-refractivity contribution in [1.82, 2.24) is 9.78 Å². The Morgan fingerprint density at radius 3 is 2.81 bits per heavy atom. The molecule has 2 N–H and O–H groups in total. The van der Waals surface area contributed by atoms with Crippen molar-refractivity contribution in [3.05, 3.63) is 46.2 Å². The Morgan fingerprint density at radius 2 is 2.14 bits per heavy atom. The number of halogens is 1. The quantitative estimate of drug-likeness (QED) is 0.890. The lowest BCUT2D eigenvalue weighted by atomic mass is 10.1. The Balaban J connectivity index is 2.15. The van der Waals surface area contributed by atoms with Crippen LogP contribution in [0.2, 0.25) is 5.02 Å². The molecule has 1 atom stereocenters. The molecule has 5 heteroatoms. The summed E-state index contributed by atoms with van der Waals surface area (Å²) >= 11 is 6.06. The molecule has 0 fully saturated rings. The van der Waals surface area contributed by atoms with Gasteiger partial charge in [-0.3, -0.25) is 4.68 Å². The number of hydrogen-bond donors (Lipinski definition) is 1. The van der Waals surface area contributed by atoms with Gasteiger partial charge in [0, 0.05) is 17.6 Å². The normalized spacial score (nSPS) is 12.4. The summed E-state index contributed by atoms with van der Waals surface area (Å²) < 4.78 is 7.91. The molecular weight excluding hydrogens is 286 g/mol. The highest BCUT2D eigenvalue weighted by atomic mass is 35.5. The van der Waals surface area contributed by atoms with Crippen molar-refractivity contribution < 1.29 is 4.74 Å². The fourth-order valence-electron chi connectivity index (χ4n) is 2.34. The maximum Gasteiger partial charge on any atom is 0.130 e. The van der Waals surface area contributed by atoms with E-state index in [-0.39, 0.29) is 6.04 Å². The number of aromatic nitrogens is 2. The van der Waals surface area contributed by atoms with Crippen LogP contribution in [-0.2, 0) is 19.6 Å². The zero-order valence-corrected chi connectivity index (χ0v) is 13.5. The van der Waals surface area contributed by atoms with Gasteiger partial charge < -0.3 is 10.5 Å². The van der Waals surface area contributed by atoms with Crippen molar-refractivity contribution in [2.45, 2.75) is 46.4 Å². The molecule has 2 rings (SSSR count). The van der Waals surface area contributed by atoms with Gasteiger partial charge in [0.15, 0.2) is 0 Å². The minimum Gasteiger partial charge on any atom is -0.487 e. The van der Waals surface area contributed by atoms with Crippen LogP contribution in [0.25, 0.3) is 0 Å². The zero-order chi connectivity index (χ0) is 15.4. The van der Waals surface area contributed by atoms with Crippen molar-refractivity contribution in [3.8, 4) is 5.75 Å². The predicted octanol–water partition coefficient (Wildman–Crippen LogP) is 3.33. The van der Waals surface area contributed by atoms with Crippen LogP contribution in [0.3, 0.4) is 0 Å². The number of aryl methyl sites for hydroxylation is 2. The molecule has 0 saturated carbocycles. The molecule has 0 bridgehead atoms. The van der Waals surface area contributed by atoms with Crippen LogP contribution in [0, 0.1) is 6.92 Å². The van der Waals surface area contributed by atoms with Crippen molar-refractivity contribution in [2.24, 2.45) is 5.73 Å². The van der Waals surface area contributed by atoms with E-state index >= 15 is 0 Å². The van der Waals surface area contributed by atoms with Gasteiger partial charge in [0.2, 0.25) is 0 Å². The number of benzene rings is 1. The molecule has 0 amide bonds. The predicted molar refractivity (Wildman–Crippen MR) is 85.8 cm³/mol. The third-order valence-corrected chi connectivity index (χ3v) is 3.46. The van der Waals surface area contributed by atoms with Gasteiger partial charge in [0.1, 0.15) is 12.4 Å². The van der Waals surface area contributed by atoms with Gasteiger partial charge in [-0.25, -0.2) is 0 Å². The average molecular weight is 308 g/mol. The summed E-state index contributed by atoms with van der Waals surface area (Å²) in [4.78, 5) is 0. The van der Waals surface area contributed by atoms with E-state index in [9.17, 15) is 0 Å². The van der Waals surface area contributed by atoms with E-state index < -0.39 is 0 Å². The number of nitrogens with two attached hydrogens (primary N) is 1. The van der Waals surface area contributed by atoms with Crippen LogP contribution in [0.1, 0.15) is 30.8 Å². The van der Waals surface area contributed by atoms with E-state index in [2.05, 4.69) is 12.0 Å². The van der Waals surface area contributed by atoms with Crippen molar-refractivity contribution in [3.63, 3.8) is 0 Å². The Morgan fingerprint density at radius 1 is 1.38 bits per heavy atom. The molecule has 21 heavy (non-hydrogen) atoms. The Kier molecular flexibility index (Phi) is 5.26. The van der Waals surface area contributed by atoms with E-state index in [1.807, 2.05) is 42.8 Å². The molecule has 0 aliphatic rings. The van der Waals surface area contributed by atoms with Crippen LogP contribution < -0.4 is 10.5 Å². The summed E-state index contributed by atoms with van der Waals surface area (Å²) in [5.74, 6) is 0.832. The summed E-state index contributed by atoms with van der Waals surface area (Å²) in [7, 11) is 0. The van der Waals surface area contributed by atoms with Crippen LogP contribution in [0.4, 0.5) is 0 Å². The Hall–Kier alpha value is -1.52. The SMILES string of the molecule is CCn1nc(C)cc1COc1ccc(Cl)cc1CC(C)N. The second-order valence-electron chi connectivity index (χ2n) is 5.31. The van der Waals surface area contributed by atoms with Gasteiger partial charge in [-0.1, -0.05) is 11.6 Å². The van der Waals surface area contributed by atoms with Crippen LogP contribution in [-0.4, -0.2) is 15.8 Å². The van der Waals surface area contributed by atoms with Gasteiger partial charge >= 0.3 is 0 Å². The Labute approximate surface area is 130 Å². The summed E-state index contributed by atoms with van der Waals surface area (Å²) in [6.45, 7) is 7.35. The van der Waals surface area contributed by atoms with Crippen LogP contribution in [0.5, 0.6) is 5.75 Å². The van der Waals surface area contributed by atoms with Gasteiger partial charge in [-0.15, -0.1) is 0 Å². The van der Waals surface area contributed by atoms with Gasteiger partial charge in [0.25, 0.3) is 0 Å². The molecule has 0 spiro atoms. The molecule has 114 valence electrons. The highest BCUT2D eigenvalue weighted by molar-refractivity contribution is 6.30. The van der Waals surface area contributed by atoms with E-state index in [1.54, 1.807) is 0 Å². The largest absolute Gasteiger partial charge is 0.487 e. The first kappa shape index (κ1) is 15.9. The summed E-state index contributed by atoms with van der Waals surface area (Å²) in [6.07, 6.45) is 0.738. The minimum absolute atomic E-state index is 0.0641. The molecule has 1 unspecified atom stereocenters. The maximum absolute atomic E-state index is 6.06. The van der Waals surface area contributed by atoms with E-state index in [0.717, 1.165) is 35.7 Å². The zero-order valence-electron chi connectivity index (χ0n) is 12.8. The molecule has 1 aromatic carbocycles. The van der Waals surface area contributed by atoms with E-state index in [1.165, 1.54) is 0 Å². The lowest BCUT2D eigenvalue weighted by molar-refractivity contribution is 0.289. The van der Waals surface area contributed by atoms with E-state index in [0.29, 0.717) is 11.6 Å². The summed E-state index contributed by atoms with van der Waals surface area (Å²) in [6, 6.07) is 7.77. The maximum atomic E-state index is 6.06. The lowest BCUT2D eigenvalue weighted by Crippen LogP contribution is -2.18. The molecule has 0 saturated heterocycles. The number of hydrogen-bond acceptors (Lipinski definition) is 3. The second-order valence-corrected chi connectivity index (χ2v) is 5.75. The molecule has 4 nitrogen and oxygen atoms in total. The van der Waals surface area contributed by atoms with Crippen molar-refractivity contribution in [2.75, 3.05) is 0 Å². The highest BCUT2D eigenvalue weighted by Gasteiger charge is 2.10. The summed E-state index contributed by atoms with van der Waals surface area (Å²) in [5.41, 5.74) is 8.99. The molecule has 1 aromatic heterocycles. The summed E-state index contributed by atoms with van der Waals surface area (Å²) in [5, 5.41) is 5.12. The molecule has 0 aliphatic heterocycles. The van der Waals surface area contributed by atoms with Crippen molar-refractivity contribution in [1.29, 1.82) is 0 Å². The van der Waals surface area contributed by atoms with Gasteiger partial charge in [0.05, 0.1) is 11.4 Å². The third-order valence-electron chi connectivity index (χ3n) is 3.22. The Bertz CT molecular complexity index is 608. The second kappa shape index (κ2) is 6.96. The molecule has 2 aromatic rings. The average Bonchev–Trinajstić information content (AvgIpc) is 2.77. The molecule has 0 aliphatic carbocycles. The third kappa shape index (κ3) is 4.22. The van der Waals surface area contributed by atoms with Gasteiger partial charge in [-0.2, -0.15) is 5.10 Å². The van der Waals surface area contributed by atoms with Crippen molar-refractivity contribution >= 4 is 11.6 Å². The molecule has 0 radical (unpaired) electrons. The first-order chi connectivity index (χ1) is 9.99. The molecular formula is C16H22ClN3O. The molecule has 1 heterocycles. The fraction of sp³-hybridized carbons (Fsp3) is 0.438. The fourth-order valence-corrected chi connectivity index (χ4v) is 2.53. The topological polar surface area (TPSA) is 53.1 Å². The van der Waals surface area contributed by atoms with E-state index in [4.69, 9.17) is 22.1 Å². The van der Waals surface area contributed by atoms with Crippen LogP contribution >= 0.6 is 11.6 Å². The monoisotopic (exact) mass is 307 g/mol. The highest BCUT2D eigenvalue weighted by Crippen LogP contribution is 2.25.